The van der Waals surface area contributed by atoms with E-state index < -0.39 is 17.8 Å². The van der Waals surface area contributed by atoms with Crippen molar-refractivity contribution in [3.05, 3.63) is 45.1 Å². The number of nitrogens with two attached hydrogens (primary N) is 1. The first-order chi connectivity index (χ1) is 11.4. The summed E-state index contributed by atoms with van der Waals surface area (Å²) in [5.74, 6) is -1.64. The number of amides is 2. The molecule has 0 spiro atoms. The van der Waals surface area contributed by atoms with Gasteiger partial charge in [0.1, 0.15) is 10.6 Å². The lowest BCUT2D eigenvalue weighted by Gasteiger charge is -2.10. The minimum absolute atomic E-state index is 0.0704. The molecule has 0 aliphatic heterocycles. The number of hydrogen-bond acceptors (Lipinski definition) is 6. The number of halogens is 1. The molecule has 2 rings (SSSR count). The van der Waals surface area contributed by atoms with Gasteiger partial charge < -0.3 is 20.5 Å². The van der Waals surface area contributed by atoms with Gasteiger partial charge in [0.2, 0.25) is 0 Å². The van der Waals surface area contributed by atoms with Gasteiger partial charge in [-0.3, -0.25) is 9.59 Å². The van der Waals surface area contributed by atoms with Crippen LogP contribution in [0, 0.1) is 0 Å². The molecule has 0 aliphatic rings. The molecule has 0 radical (unpaired) electrons. The van der Waals surface area contributed by atoms with Gasteiger partial charge in [-0.1, -0.05) is 11.6 Å². The van der Waals surface area contributed by atoms with E-state index in [2.05, 4.69) is 10.1 Å². The third-order valence-electron chi connectivity index (χ3n) is 2.88. The maximum Gasteiger partial charge on any atom is 0.350 e. The van der Waals surface area contributed by atoms with E-state index >= 15 is 0 Å². The van der Waals surface area contributed by atoms with E-state index in [0.717, 1.165) is 11.3 Å². The highest BCUT2D eigenvalue weighted by Gasteiger charge is 2.17. The molecule has 0 aliphatic carbocycles. The monoisotopic (exact) mass is 368 g/mol. The molecule has 0 unspecified atom stereocenters. The molecule has 0 fully saturated rings. The van der Waals surface area contributed by atoms with Gasteiger partial charge in [-0.25, -0.2) is 4.79 Å². The number of esters is 1. The molecule has 1 aromatic carbocycles. The number of carbonyl (C=O) groups excluding carboxylic acids is 3. The molecule has 9 heteroatoms. The van der Waals surface area contributed by atoms with Crippen LogP contribution in [0.1, 0.15) is 20.0 Å². The highest BCUT2D eigenvalue weighted by Crippen LogP contribution is 2.24. The summed E-state index contributed by atoms with van der Waals surface area (Å²) in [5, 5.41) is 4.51. The molecule has 2 aromatic rings. The number of thiophene rings is 1. The van der Waals surface area contributed by atoms with Crippen LogP contribution in [0.3, 0.4) is 0 Å². The van der Waals surface area contributed by atoms with Gasteiger partial charge >= 0.3 is 5.97 Å². The van der Waals surface area contributed by atoms with Gasteiger partial charge in [0.25, 0.3) is 11.8 Å². The smallest absolute Gasteiger partial charge is 0.350 e. The van der Waals surface area contributed by atoms with Crippen molar-refractivity contribution >= 4 is 46.4 Å². The lowest BCUT2D eigenvalue weighted by molar-refractivity contribution is -0.118. The Bertz CT molecular complexity index is 790. The number of ether oxygens (including phenoxy) is 2. The molecule has 1 heterocycles. The second kappa shape index (κ2) is 7.80. The van der Waals surface area contributed by atoms with Gasteiger partial charge in [0.15, 0.2) is 6.61 Å². The predicted molar refractivity (Wildman–Crippen MR) is 89.8 cm³/mol. The number of nitrogens with one attached hydrogen (secondary N) is 1. The largest absolute Gasteiger partial charge is 0.483 e. The van der Waals surface area contributed by atoms with Gasteiger partial charge in [-0.05, 0) is 29.6 Å². The van der Waals surface area contributed by atoms with Crippen molar-refractivity contribution in [2.75, 3.05) is 19.0 Å². The van der Waals surface area contributed by atoms with Crippen molar-refractivity contribution in [2.24, 2.45) is 5.73 Å². The van der Waals surface area contributed by atoms with E-state index in [4.69, 9.17) is 22.1 Å². The number of hydrogen-bond donors (Lipinski definition) is 2. The molecule has 0 saturated carbocycles. The first kappa shape index (κ1) is 17.8. The fourth-order valence-corrected chi connectivity index (χ4v) is 2.75. The quantitative estimate of drug-likeness (QED) is 0.760. The average Bonchev–Trinajstić information content (AvgIpc) is 3.00. The Morgan fingerprint density at radius 1 is 1.29 bits per heavy atom. The Morgan fingerprint density at radius 3 is 2.71 bits per heavy atom. The molecule has 0 saturated heterocycles. The van der Waals surface area contributed by atoms with Crippen LogP contribution in [0.25, 0.3) is 0 Å². The maximum atomic E-state index is 12.0. The topological polar surface area (TPSA) is 108 Å². The standard InChI is InChI=1S/C15H13ClN2O5S/c1-22-15(21)13-10(4-5-24-13)18-12(19)7-23-11-3-2-8(16)6-9(11)14(17)20/h2-6H,7H2,1H3,(H2,17,20)(H,18,19). The van der Waals surface area contributed by atoms with Crippen LogP contribution in [0.2, 0.25) is 5.02 Å². The highest BCUT2D eigenvalue weighted by molar-refractivity contribution is 7.12. The first-order valence-electron chi connectivity index (χ1n) is 6.60. The maximum absolute atomic E-state index is 12.0. The first-order valence-corrected chi connectivity index (χ1v) is 7.86. The van der Waals surface area contributed by atoms with Crippen LogP contribution in [-0.4, -0.2) is 31.5 Å². The molecule has 0 bridgehead atoms. The summed E-state index contributed by atoms with van der Waals surface area (Å²) >= 11 is 6.93. The molecule has 1 aromatic heterocycles. The Hall–Kier alpha value is -2.58. The van der Waals surface area contributed by atoms with Gasteiger partial charge in [0.05, 0.1) is 18.4 Å². The second-order valence-electron chi connectivity index (χ2n) is 4.50. The Labute approximate surface area is 146 Å². The van der Waals surface area contributed by atoms with Crippen LogP contribution in [0.4, 0.5) is 5.69 Å². The number of anilines is 1. The summed E-state index contributed by atoms with van der Waals surface area (Å²) in [4.78, 5) is 35.2. The lowest BCUT2D eigenvalue weighted by atomic mass is 10.2. The fourth-order valence-electron chi connectivity index (χ4n) is 1.81. The van der Waals surface area contributed by atoms with Crippen molar-refractivity contribution < 1.29 is 23.9 Å². The van der Waals surface area contributed by atoms with Gasteiger partial charge in [-0.2, -0.15) is 0 Å². The SMILES string of the molecule is COC(=O)c1sccc1NC(=O)COc1ccc(Cl)cc1C(N)=O. The van der Waals surface area contributed by atoms with E-state index in [1.54, 1.807) is 11.4 Å². The summed E-state index contributed by atoms with van der Waals surface area (Å²) in [5.41, 5.74) is 5.64. The minimum Gasteiger partial charge on any atom is -0.483 e. The van der Waals surface area contributed by atoms with E-state index in [1.807, 2.05) is 0 Å². The number of rotatable bonds is 6. The summed E-state index contributed by atoms with van der Waals surface area (Å²) in [7, 11) is 1.25. The average molecular weight is 369 g/mol. The van der Waals surface area contributed by atoms with E-state index in [0.29, 0.717) is 10.7 Å². The zero-order valence-corrected chi connectivity index (χ0v) is 14.1. The molecule has 24 heavy (non-hydrogen) atoms. The Balaban J connectivity index is 2.03. The fraction of sp³-hybridized carbons (Fsp3) is 0.133. The third-order valence-corrected chi connectivity index (χ3v) is 4.01. The number of benzene rings is 1. The third kappa shape index (κ3) is 4.24. The lowest BCUT2D eigenvalue weighted by Crippen LogP contribution is -2.22. The summed E-state index contributed by atoms with van der Waals surface area (Å²) in [6.45, 7) is -0.377. The van der Waals surface area contributed by atoms with Crippen molar-refractivity contribution in [3.8, 4) is 5.75 Å². The Kier molecular flexibility index (Phi) is 5.78. The minimum atomic E-state index is -0.723. The van der Waals surface area contributed by atoms with Crippen molar-refractivity contribution in [1.82, 2.24) is 0 Å². The van der Waals surface area contributed by atoms with Crippen LogP contribution in [-0.2, 0) is 9.53 Å². The van der Waals surface area contributed by atoms with Crippen LogP contribution >= 0.6 is 22.9 Å². The van der Waals surface area contributed by atoms with Gasteiger partial charge in [-0.15, -0.1) is 11.3 Å². The van der Waals surface area contributed by atoms with Crippen LogP contribution in [0.5, 0.6) is 5.75 Å². The van der Waals surface area contributed by atoms with E-state index in [1.165, 1.54) is 25.3 Å². The highest BCUT2D eigenvalue weighted by atomic mass is 35.5. The summed E-state index contributed by atoms with van der Waals surface area (Å²) in [6.07, 6.45) is 0. The van der Waals surface area contributed by atoms with Crippen molar-refractivity contribution in [2.45, 2.75) is 0 Å². The second-order valence-corrected chi connectivity index (χ2v) is 5.85. The predicted octanol–water partition coefficient (Wildman–Crippen LogP) is 2.30. The van der Waals surface area contributed by atoms with Gasteiger partial charge in [0, 0.05) is 5.02 Å². The van der Waals surface area contributed by atoms with Crippen molar-refractivity contribution in [1.29, 1.82) is 0 Å². The molecule has 2 amide bonds. The number of methoxy groups -OCH3 is 1. The number of carbonyl (C=O) groups is 3. The molecular weight excluding hydrogens is 356 g/mol. The van der Waals surface area contributed by atoms with E-state index in [-0.39, 0.29) is 22.8 Å². The zero-order valence-electron chi connectivity index (χ0n) is 12.5. The molecule has 126 valence electrons. The summed E-state index contributed by atoms with van der Waals surface area (Å²) < 4.78 is 9.93. The molecule has 3 N–H and O–H groups in total. The normalized spacial score (nSPS) is 10.1. The summed E-state index contributed by atoms with van der Waals surface area (Å²) in [6, 6.07) is 5.88. The molecular formula is C15H13ClN2O5S. The number of primary amides is 1. The zero-order chi connectivity index (χ0) is 17.7. The van der Waals surface area contributed by atoms with Crippen LogP contribution < -0.4 is 15.8 Å². The van der Waals surface area contributed by atoms with Crippen molar-refractivity contribution in [3.63, 3.8) is 0 Å². The molecule has 0 atom stereocenters. The van der Waals surface area contributed by atoms with E-state index in [9.17, 15) is 14.4 Å². The van der Waals surface area contributed by atoms with Crippen LogP contribution in [0.15, 0.2) is 29.6 Å². The Morgan fingerprint density at radius 2 is 2.04 bits per heavy atom. The molecule has 7 nitrogen and oxygen atoms in total.